The maximum absolute atomic E-state index is 11.2. The fourth-order valence-electron chi connectivity index (χ4n) is 1.44. The maximum Gasteiger partial charge on any atom is 0.332 e. The molecule has 2 N–H and O–H groups in total. The molecule has 1 atom stereocenters. The summed E-state index contributed by atoms with van der Waals surface area (Å²) >= 11 is 0. The van der Waals surface area contributed by atoms with E-state index < -0.39 is 18.0 Å². The van der Waals surface area contributed by atoms with Crippen molar-refractivity contribution < 1.29 is 19.4 Å². The van der Waals surface area contributed by atoms with Gasteiger partial charge in [0, 0.05) is 11.8 Å². The molecule has 1 aromatic carbocycles. The topological polar surface area (TPSA) is 75.6 Å². The Morgan fingerprint density at radius 3 is 2.44 bits per heavy atom. The number of methoxy groups -OCH3 is 1. The molecule has 0 unspecified atom stereocenters. The number of hydrogen-bond acceptors (Lipinski definition) is 4. The van der Waals surface area contributed by atoms with E-state index in [4.69, 9.17) is 5.11 Å². The van der Waals surface area contributed by atoms with Gasteiger partial charge < -0.3 is 15.2 Å². The summed E-state index contributed by atoms with van der Waals surface area (Å²) in [5.74, 6) is -1.55. The van der Waals surface area contributed by atoms with E-state index in [9.17, 15) is 9.59 Å². The second-order valence-electron chi connectivity index (χ2n) is 3.68. The molecular weight excluding hydrogens is 234 g/mol. The summed E-state index contributed by atoms with van der Waals surface area (Å²) in [6.07, 6.45) is 1.21. The number of nitrogens with one attached hydrogen (secondary N) is 1. The van der Waals surface area contributed by atoms with Gasteiger partial charge in [0.2, 0.25) is 0 Å². The van der Waals surface area contributed by atoms with Gasteiger partial charge in [-0.1, -0.05) is 30.3 Å². The van der Waals surface area contributed by atoms with E-state index in [0.29, 0.717) is 11.3 Å². The molecule has 0 aliphatic rings. The first-order chi connectivity index (χ1) is 8.54. The number of ether oxygens (including phenoxy) is 1. The molecule has 0 radical (unpaired) electrons. The molecule has 0 aliphatic heterocycles. The van der Waals surface area contributed by atoms with E-state index in [1.807, 2.05) is 0 Å². The second kappa shape index (κ2) is 6.44. The highest BCUT2D eigenvalue weighted by atomic mass is 16.5. The Morgan fingerprint density at radius 1 is 1.33 bits per heavy atom. The molecule has 96 valence electrons. The molecule has 0 aromatic heterocycles. The zero-order chi connectivity index (χ0) is 13.5. The van der Waals surface area contributed by atoms with Crippen molar-refractivity contribution in [3.05, 3.63) is 47.7 Å². The minimum absolute atomic E-state index is 0.429. The summed E-state index contributed by atoms with van der Waals surface area (Å²) in [6, 6.07) is 7.83. The summed E-state index contributed by atoms with van der Waals surface area (Å²) in [4.78, 5) is 22.2. The summed E-state index contributed by atoms with van der Waals surface area (Å²) in [6.45, 7) is 1.61. The predicted molar refractivity (Wildman–Crippen MR) is 65.7 cm³/mol. The molecule has 0 heterocycles. The van der Waals surface area contributed by atoms with E-state index in [0.717, 1.165) is 0 Å². The van der Waals surface area contributed by atoms with Crippen LogP contribution >= 0.6 is 0 Å². The SMILES string of the molecule is COC(=O)/C=C(/C)N[C@H](C(=O)O)c1ccccc1. The molecular formula is C13H15NO4. The van der Waals surface area contributed by atoms with Crippen molar-refractivity contribution in [3.8, 4) is 0 Å². The fraction of sp³-hybridized carbons (Fsp3) is 0.231. The van der Waals surface area contributed by atoms with Gasteiger partial charge in [0.05, 0.1) is 7.11 Å². The molecule has 0 saturated heterocycles. The van der Waals surface area contributed by atoms with Crippen LogP contribution in [0.5, 0.6) is 0 Å². The number of benzene rings is 1. The van der Waals surface area contributed by atoms with Crippen molar-refractivity contribution in [2.75, 3.05) is 7.11 Å². The third-order valence-electron chi connectivity index (χ3n) is 2.29. The Morgan fingerprint density at radius 2 is 1.94 bits per heavy atom. The average molecular weight is 249 g/mol. The monoisotopic (exact) mass is 249 g/mol. The minimum atomic E-state index is -1.01. The number of hydrogen-bond donors (Lipinski definition) is 2. The lowest BCUT2D eigenvalue weighted by atomic mass is 10.1. The molecule has 5 heteroatoms. The third-order valence-corrected chi connectivity index (χ3v) is 2.29. The number of carbonyl (C=O) groups excluding carboxylic acids is 1. The van der Waals surface area contributed by atoms with Gasteiger partial charge in [0.1, 0.15) is 6.04 Å². The van der Waals surface area contributed by atoms with Crippen LogP contribution in [0.15, 0.2) is 42.1 Å². The molecule has 0 spiro atoms. The molecule has 1 aromatic rings. The van der Waals surface area contributed by atoms with Crippen molar-refractivity contribution in [2.24, 2.45) is 0 Å². The van der Waals surface area contributed by atoms with E-state index in [2.05, 4.69) is 10.1 Å². The van der Waals surface area contributed by atoms with E-state index in [1.54, 1.807) is 37.3 Å². The number of carboxylic acids is 1. The Labute approximate surface area is 105 Å². The van der Waals surface area contributed by atoms with Crippen LogP contribution in [0.1, 0.15) is 18.5 Å². The zero-order valence-corrected chi connectivity index (χ0v) is 10.2. The minimum Gasteiger partial charge on any atom is -0.479 e. The Hall–Kier alpha value is -2.30. The molecule has 5 nitrogen and oxygen atoms in total. The molecule has 1 rings (SSSR count). The standard InChI is InChI=1S/C13H15NO4/c1-9(8-11(15)18-2)14-12(13(16)17)10-6-4-3-5-7-10/h3-8,12,14H,1-2H3,(H,16,17)/b9-8-/t12-/m0/s1. The molecule has 0 fully saturated rings. The third kappa shape index (κ3) is 3.93. The fourth-order valence-corrected chi connectivity index (χ4v) is 1.44. The predicted octanol–water partition coefficient (Wildman–Crippen LogP) is 1.48. The normalized spacial score (nSPS) is 12.7. The van der Waals surface area contributed by atoms with Crippen LogP contribution in [0.3, 0.4) is 0 Å². The number of esters is 1. The van der Waals surface area contributed by atoms with E-state index in [-0.39, 0.29) is 0 Å². The molecule has 0 saturated carbocycles. The first kappa shape index (κ1) is 13.8. The number of allylic oxidation sites excluding steroid dienone is 1. The maximum atomic E-state index is 11.2. The average Bonchev–Trinajstić information content (AvgIpc) is 2.36. The number of carbonyl (C=O) groups is 2. The van der Waals surface area contributed by atoms with Crippen LogP contribution in [-0.4, -0.2) is 24.2 Å². The highest BCUT2D eigenvalue weighted by Crippen LogP contribution is 2.14. The summed E-state index contributed by atoms with van der Waals surface area (Å²) in [5, 5.41) is 11.9. The van der Waals surface area contributed by atoms with Gasteiger partial charge in [0.15, 0.2) is 0 Å². The van der Waals surface area contributed by atoms with Crippen LogP contribution in [0.4, 0.5) is 0 Å². The van der Waals surface area contributed by atoms with E-state index in [1.165, 1.54) is 13.2 Å². The van der Waals surface area contributed by atoms with Gasteiger partial charge in [-0.3, -0.25) is 0 Å². The highest BCUT2D eigenvalue weighted by Gasteiger charge is 2.19. The highest BCUT2D eigenvalue weighted by molar-refractivity contribution is 5.83. The Kier molecular flexibility index (Phi) is 4.92. The quantitative estimate of drug-likeness (QED) is 0.610. The Bertz CT molecular complexity index is 453. The number of rotatable bonds is 5. The number of aliphatic carboxylic acids is 1. The molecule has 0 aliphatic carbocycles. The van der Waals surface area contributed by atoms with Crippen LogP contribution in [0, 0.1) is 0 Å². The van der Waals surface area contributed by atoms with Crippen molar-refractivity contribution in [2.45, 2.75) is 13.0 Å². The van der Waals surface area contributed by atoms with Crippen LogP contribution in [0.25, 0.3) is 0 Å². The summed E-state index contributed by atoms with van der Waals surface area (Å²) in [5.41, 5.74) is 1.04. The van der Waals surface area contributed by atoms with Gasteiger partial charge in [-0.2, -0.15) is 0 Å². The van der Waals surface area contributed by atoms with Crippen LogP contribution in [0.2, 0.25) is 0 Å². The van der Waals surface area contributed by atoms with Crippen LogP contribution < -0.4 is 5.32 Å². The smallest absolute Gasteiger partial charge is 0.332 e. The van der Waals surface area contributed by atoms with Gasteiger partial charge in [0.25, 0.3) is 0 Å². The van der Waals surface area contributed by atoms with E-state index >= 15 is 0 Å². The molecule has 0 bridgehead atoms. The molecule has 18 heavy (non-hydrogen) atoms. The van der Waals surface area contributed by atoms with Crippen LogP contribution in [-0.2, 0) is 14.3 Å². The second-order valence-corrected chi connectivity index (χ2v) is 3.68. The lowest BCUT2D eigenvalue weighted by Crippen LogP contribution is -2.27. The van der Waals surface area contributed by atoms with Gasteiger partial charge in [-0.25, -0.2) is 9.59 Å². The van der Waals surface area contributed by atoms with Crippen molar-refractivity contribution in [3.63, 3.8) is 0 Å². The zero-order valence-electron chi connectivity index (χ0n) is 10.2. The Balaban J connectivity index is 2.86. The summed E-state index contributed by atoms with van der Waals surface area (Å²) < 4.78 is 4.47. The lowest BCUT2D eigenvalue weighted by molar-refractivity contribution is -0.139. The first-order valence-corrected chi connectivity index (χ1v) is 5.35. The largest absolute Gasteiger partial charge is 0.479 e. The van der Waals surface area contributed by atoms with Crippen molar-refractivity contribution >= 4 is 11.9 Å². The first-order valence-electron chi connectivity index (χ1n) is 5.35. The van der Waals surface area contributed by atoms with Crippen molar-refractivity contribution in [1.29, 1.82) is 0 Å². The lowest BCUT2D eigenvalue weighted by Gasteiger charge is -2.16. The number of carboxylic acid groups (broad SMARTS) is 1. The van der Waals surface area contributed by atoms with Crippen molar-refractivity contribution in [1.82, 2.24) is 5.32 Å². The summed E-state index contributed by atoms with van der Waals surface area (Å²) in [7, 11) is 1.26. The van der Waals surface area contributed by atoms with Gasteiger partial charge in [-0.05, 0) is 12.5 Å². The molecule has 0 amide bonds. The van der Waals surface area contributed by atoms with Gasteiger partial charge in [-0.15, -0.1) is 0 Å². The van der Waals surface area contributed by atoms with Gasteiger partial charge >= 0.3 is 11.9 Å².